The van der Waals surface area contributed by atoms with Crippen LogP contribution < -0.4 is 5.32 Å². The number of benzene rings is 1. The van der Waals surface area contributed by atoms with Crippen LogP contribution in [-0.4, -0.2) is 44.7 Å². The zero-order valence-electron chi connectivity index (χ0n) is 11.2. The third kappa shape index (κ3) is 3.96. The standard InChI is InChI=1S/C14H20F2N2O/c1-19-10-11-8-12(14(16)13(15)9-11)2-5-18-6-3-17-4-7-18/h8-9,17H,2-7,10H2,1H3. The minimum absolute atomic E-state index is 0.303. The number of hydrogen-bond donors (Lipinski definition) is 1. The molecule has 1 aliphatic rings. The maximum Gasteiger partial charge on any atom is 0.162 e. The molecule has 3 nitrogen and oxygen atoms in total. The van der Waals surface area contributed by atoms with Crippen molar-refractivity contribution in [3.63, 3.8) is 0 Å². The van der Waals surface area contributed by atoms with Crippen LogP contribution in [0.25, 0.3) is 0 Å². The Morgan fingerprint density at radius 2 is 2.00 bits per heavy atom. The monoisotopic (exact) mass is 270 g/mol. The molecule has 0 saturated carbocycles. The third-order valence-corrected chi connectivity index (χ3v) is 3.38. The Balaban J connectivity index is 2.01. The average molecular weight is 270 g/mol. The fourth-order valence-corrected chi connectivity index (χ4v) is 2.35. The molecule has 0 atom stereocenters. The summed E-state index contributed by atoms with van der Waals surface area (Å²) in [7, 11) is 1.54. The molecule has 1 fully saturated rings. The van der Waals surface area contributed by atoms with Gasteiger partial charge in [0.05, 0.1) is 6.61 Å². The zero-order chi connectivity index (χ0) is 13.7. The van der Waals surface area contributed by atoms with E-state index in [2.05, 4.69) is 10.2 Å². The van der Waals surface area contributed by atoms with Crippen LogP contribution in [0.5, 0.6) is 0 Å². The van der Waals surface area contributed by atoms with E-state index in [1.54, 1.807) is 13.2 Å². The smallest absolute Gasteiger partial charge is 0.162 e. The van der Waals surface area contributed by atoms with E-state index in [1.807, 2.05) is 0 Å². The molecule has 1 N–H and O–H groups in total. The van der Waals surface area contributed by atoms with Gasteiger partial charge in [0.2, 0.25) is 0 Å². The number of piperazine rings is 1. The van der Waals surface area contributed by atoms with Crippen LogP contribution in [0.1, 0.15) is 11.1 Å². The van der Waals surface area contributed by atoms with Crippen LogP contribution in [-0.2, 0) is 17.8 Å². The number of ether oxygens (including phenoxy) is 1. The molecule has 0 aliphatic carbocycles. The van der Waals surface area contributed by atoms with E-state index in [4.69, 9.17) is 4.74 Å². The molecular formula is C14H20F2N2O. The summed E-state index contributed by atoms with van der Waals surface area (Å²) >= 11 is 0. The van der Waals surface area contributed by atoms with E-state index in [-0.39, 0.29) is 0 Å². The van der Waals surface area contributed by atoms with Crippen molar-refractivity contribution in [3.8, 4) is 0 Å². The molecule has 5 heteroatoms. The summed E-state index contributed by atoms with van der Waals surface area (Å²) in [6.07, 6.45) is 0.528. The van der Waals surface area contributed by atoms with Crippen molar-refractivity contribution in [1.29, 1.82) is 0 Å². The predicted molar refractivity (Wildman–Crippen MR) is 70.1 cm³/mol. The number of nitrogens with zero attached hydrogens (tertiary/aromatic N) is 1. The first-order chi connectivity index (χ1) is 9.20. The Bertz CT molecular complexity index is 420. The van der Waals surface area contributed by atoms with Crippen LogP contribution in [0.4, 0.5) is 8.78 Å². The maximum atomic E-state index is 13.7. The molecule has 0 radical (unpaired) electrons. The third-order valence-electron chi connectivity index (χ3n) is 3.38. The van der Waals surface area contributed by atoms with Crippen LogP contribution in [0.2, 0.25) is 0 Å². The van der Waals surface area contributed by atoms with Gasteiger partial charge in [-0.05, 0) is 23.6 Å². The minimum Gasteiger partial charge on any atom is -0.380 e. The van der Waals surface area contributed by atoms with Crippen molar-refractivity contribution < 1.29 is 13.5 Å². The van der Waals surface area contributed by atoms with Gasteiger partial charge in [0.1, 0.15) is 0 Å². The van der Waals surface area contributed by atoms with Gasteiger partial charge >= 0.3 is 0 Å². The average Bonchev–Trinajstić information content (AvgIpc) is 2.42. The van der Waals surface area contributed by atoms with Crippen molar-refractivity contribution in [1.82, 2.24) is 10.2 Å². The van der Waals surface area contributed by atoms with E-state index in [0.717, 1.165) is 32.7 Å². The normalized spacial score (nSPS) is 16.8. The molecule has 1 saturated heterocycles. The van der Waals surface area contributed by atoms with Crippen LogP contribution >= 0.6 is 0 Å². The summed E-state index contributed by atoms with van der Waals surface area (Å²) in [4.78, 5) is 2.26. The second kappa shape index (κ2) is 6.93. The Hall–Kier alpha value is -1.04. The SMILES string of the molecule is COCc1cc(F)c(F)c(CCN2CCNCC2)c1. The lowest BCUT2D eigenvalue weighted by Crippen LogP contribution is -2.44. The summed E-state index contributed by atoms with van der Waals surface area (Å²) < 4.78 is 32.2. The summed E-state index contributed by atoms with van der Waals surface area (Å²) in [5.41, 5.74) is 1.11. The molecular weight excluding hydrogens is 250 g/mol. The zero-order valence-corrected chi connectivity index (χ0v) is 11.2. The highest BCUT2D eigenvalue weighted by molar-refractivity contribution is 5.26. The fourth-order valence-electron chi connectivity index (χ4n) is 2.35. The van der Waals surface area contributed by atoms with Crippen molar-refractivity contribution >= 4 is 0 Å². The molecule has 2 rings (SSSR count). The van der Waals surface area contributed by atoms with Gasteiger partial charge in [-0.15, -0.1) is 0 Å². The summed E-state index contributed by atoms with van der Waals surface area (Å²) in [6, 6.07) is 2.90. The van der Waals surface area contributed by atoms with Crippen LogP contribution in [0.3, 0.4) is 0 Å². The molecule has 0 bridgehead atoms. The molecule has 19 heavy (non-hydrogen) atoms. The number of methoxy groups -OCH3 is 1. The second-order valence-electron chi connectivity index (χ2n) is 4.83. The van der Waals surface area contributed by atoms with Gasteiger partial charge < -0.3 is 15.0 Å². The van der Waals surface area contributed by atoms with Crippen molar-refractivity contribution in [2.45, 2.75) is 13.0 Å². The van der Waals surface area contributed by atoms with Gasteiger partial charge in [-0.3, -0.25) is 0 Å². The van der Waals surface area contributed by atoms with Crippen molar-refractivity contribution in [3.05, 3.63) is 34.9 Å². The largest absolute Gasteiger partial charge is 0.380 e. The van der Waals surface area contributed by atoms with Gasteiger partial charge in [0.25, 0.3) is 0 Å². The molecule has 106 valence electrons. The van der Waals surface area contributed by atoms with E-state index in [1.165, 1.54) is 6.07 Å². The van der Waals surface area contributed by atoms with E-state index < -0.39 is 11.6 Å². The first kappa shape index (κ1) is 14.4. The second-order valence-corrected chi connectivity index (χ2v) is 4.83. The first-order valence-corrected chi connectivity index (χ1v) is 6.59. The number of hydrogen-bond acceptors (Lipinski definition) is 3. The highest BCUT2D eigenvalue weighted by Gasteiger charge is 2.14. The van der Waals surface area contributed by atoms with Gasteiger partial charge in [0, 0.05) is 39.8 Å². The van der Waals surface area contributed by atoms with Gasteiger partial charge in [-0.25, -0.2) is 8.78 Å². The first-order valence-electron chi connectivity index (χ1n) is 6.59. The minimum atomic E-state index is -0.787. The Labute approximate surface area is 112 Å². The molecule has 1 aromatic rings. The predicted octanol–water partition coefficient (Wildman–Crippen LogP) is 1.56. The molecule has 0 spiro atoms. The van der Waals surface area contributed by atoms with Gasteiger partial charge in [0.15, 0.2) is 11.6 Å². The van der Waals surface area contributed by atoms with Crippen molar-refractivity contribution in [2.24, 2.45) is 0 Å². The molecule has 0 aromatic heterocycles. The van der Waals surface area contributed by atoms with E-state index >= 15 is 0 Å². The van der Waals surface area contributed by atoms with Crippen molar-refractivity contribution in [2.75, 3.05) is 39.8 Å². The molecule has 0 amide bonds. The Morgan fingerprint density at radius 3 is 2.68 bits per heavy atom. The highest BCUT2D eigenvalue weighted by atomic mass is 19.2. The lowest BCUT2D eigenvalue weighted by molar-refractivity contribution is 0.184. The van der Waals surface area contributed by atoms with Gasteiger partial charge in [-0.2, -0.15) is 0 Å². The van der Waals surface area contributed by atoms with Crippen LogP contribution in [0, 0.1) is 11.6 Å². The summed E-state index contributed by atoms with van der Waals surface area (Å²) in [5.74, 6) is -1.51. The maximum absolute atomic E-state index is 13.7. The van der Waals surface area contributed by atoms with E-state index in [9.17, 15) is 8.78 Å². The van der Waals surface area contributed by atoms with Gasteiger partial charge in [-0.1, -0.05) is 6.07 Å². The lowest BCUT2D eigenvalue weighted by Gasteiger charge is -2.27. The Morgan fingerprint density at radius 1 is 1.26 bits per heavy atom. The highest BCUT2D eigenvalue weighted by Crippen LogP contribution is 2.17. The summed E-state index contributed by atoms with van der Waals surface area (Å²) in [6.45, 7) is 4.90. The van der Waals surface area contributed by atoms with Crippen LogP contribution in [0.15, 0.2) is 12.1 Å². The molecule has 0 unspecified atom stereocenters. The topological polar surface area (TPSA) is 24.5 Å². The summed E-state index contributed by atoms with van der Waals surface area (Å²) in [5, 5.41) is 3.27. The fraction of sp³-hybridized carbons (Fsp3) is 0.571. The lowest BCUT2D eigenvalue weighted by atomic mass is 10.1. The quantitative estimate of drug-likeness (QED) is 0.879. The molecule has 1 heterocycles. The Kier molecular flexibility index (Phi) is 5.24. The number of rotatable bonds is 5. The van der Waals surface area contributed by atoms with E-state index in [0.29, 0.717) is 24.2 Å². The number of nitrogens with one attached hydrogen (secondary N) is 1. The number of halogens is 2. The molecule has 1 aromatic carbocycles. The molecule has 1 aliphatic heterocycles.